The van der Waals surface area contributed by atoms with E-state index in [1.807, 2.05) is 0 Å². The number of rotatable bonds is 2. The van der Waals surface area contributed by atoms with Gasteiger partial charge in [-0.05, 0) is 54.8 Å². The monoisotopic (exact) mass is 332 g/mol. The lowest BCUT2D eigenvalue weighted by Gasteiger charge is -2.07. The molecular weight excluding hydrogens is 322 g/mol. The maximum atomic E-state index is 13.6. The van der Waals surface area contributed by atoms with E-state index in [9.17, 15) is 8.78 Å². The van der Waals surface area contributed by atoms with Gasteiger partial charge in [0.15, 0.2) is 0 Å². The van der Waals surface area contributed by atoms with Gasteiger partial charge in [-0.3, -0.25) is 0 Å². The normalized spacial score (nSPS) is 13.2. The van der Waals surface area contributed by atoms with E-state index in [1.165, 1.54) is 19.1 Å². The summed E-state index contributed by atoms with van der Waals surface area (Å²) in [6, 6.07) is 6.68. The van der Waals surface area contributed by atoms with Crippen LogP contribution < -0.4 is 0 Å². The van der Waals surface area contributed by atoms with Gasteiger partial charge in [0.2, 0.25) is 0 Å². The second-order valence-corrected chi connectivity index (χ2v) is 5.14. The summed E-state index contributed by atoms with van der Waals surface area (Å²) in [5.41, 5.74) is -0.0980. The first-order valence-electron chi connectivity index (χ1n) is 6.15. The Kier molecular flexibility index (Phi) is 3.26. The van der Waals surface area contributed by atoms with Crippen molar-refractivity contribution in [3.8, 4) is 0 Å². The molecule has 4 heteroatoms. The zero-order chi connectivity index (χ0) is 15.1. The van der Waals surface area contributed by atoms with Gasteiger partial charge in [0.1, 0.15) is 11.6 Å². The molecule has 0 radical (unpaired) electrons. The highest BCUT2D eigenvalue weighted by Gasteiger charge is 2.09. The summed E-state index contributed by atoms with van der Waals surface area (Å²) in [6.07, 6.45) is -2.10. The van der Waals surface area contributed by atoms with Crippen LogP contribution in [0.15, 0.2) is 34.8 Å². The predicted octanol–water partition coefficient (Wildman–Crippen LogP) is 5.28. The average molecular weight is 334 g/mol. The van der Waals surface area contributed by atoms with Crippen molar-refractivity contribution in [3.05, 3.63) is 68.2 Å². The number of benzene rings is 2. The summed E-state index contributed by atoms with van der Waals surface area (Å²) in [6.45, 7) is 1.30. The smallest absolute Gasteiger partial charge is 0.129 e. The van der Waals surface area contributed by atoms with Crippen LogP contribution in [-0.4, -0.2) is 0 Å². The second kappa shape index (κ2) is 5.37. The maximum Gasteiger partial charge on any atom is 0.129 e. The Balaban J connectivity index is 2.63. The fourth-order valence-electron chi connectivity index (χ4n) is 1.47. The Morgan fingerprint density at radius 1 is 1.22 bits per heavy atom. The highest BCUT2D eigenvalue weighted by Crippen LogP contribution is 2.25. The van der Waals surface area contributed by atoms with E-state index in [2.05, 4.69) is 15.9 Å². The molecule has 0 aliphatic carbocycles. The van der Waals surface area contributed by atoms with Gasteiger partial charge in [-0.1, -0.05) is 27.5 Å². The summed E-state index contributed by atoms with van der Waals surface area (Å²) in [4.78, 5) is 0. The lowest BCUT2D eigenvalue weighted by Crippen LogP contribution is -1.95. The Morgan fingerprint density at radius 3 is 2.44 bits per heavy atom. The third kappa shape index (κ3) is 2.90. The van der Waals surface area contributed by atoms with Crippen molar-refractivity contribution < 1.29 is 11.5 Å². The molecule has 18 heavy (non-hydrogen) atoms. The van der Waals surface area contributed by atoms with Crippen molar-refractivity contribution in [2.24, 2.45) is 0 Å². The van der Waals surface area contributed by atoms with Crippen molar-refractivity contribution in [2.45, 2.75) is 13.3 Å². The maximum absolute atomic E-state index is 13.6. The third-order valence-corrected chi connectivity index (χ3v) is 3.31. The zero-order valence-corrected chi connectivity index (χ0v) is 11.7. The summed E-state index contributed by atoms with van der Waals surface area (Å²) in [7, 11) is 0. The molecule has 0 saturated carbocycles. The minimum absolute atomic E-state index is 0.113. The van der Waals surface area contributed by atoms with Crippen LogP contribution in [0.2, 0.25) is 5.02 Å². The Bertz CT molecular complexity index is 651. The van der Waals surface area contributed by atoms with E-state index in [0.29, 0.717) is 4.47 Å². The molecule has 2 rings (SSSR count). The molecule has 0 heterocycles. The molecule has 0 spiro atoms. The first-order chi connectivity index (χ1) is 9.23. The standard InChI is InChI=1S/C14H10BrClF2/c1-8-13(17)5-9(6-14(8)18)4-10-7-11(15)2-3-12(10)16/h2-3,5-7H,4H2,1H3/i4D2. The van der Waals surface area contributed by atoms with Crippen molar-refractivity contribution in [1.82, 2.24) is 0 Å². The SMILES string of the molecule is [2H]C([2H])(c1cc(F)c(C)c(F)c1)c1cc(Br)ccc1Cl. The van der Waals surface area contributed by atoms with Gasteiger partial charge >= 0.3 is 0 Å². The van der Waals surface area contributed by atoms with Crippen molar-refractivity contribution in [2.75, 3.05) is 0 Å². The van der Waals surface area contributed by atoms with Crippen molar-refractivity contribution in [1.29, 1.82) is 0 Å². The molecule has 0 aliphatic heterocycles. The van der Waals surface area contributed by atoms with Crippen molar-refractivity contribution >= 4 is 27.5 Å². The van der Waals surface area contributed by atoms with E-state index in [-0.39, 0.29) is 21.7 Å². The minimum atomic E-state index is -2.10. The van der Waals surface area contributed by atoms with Crippen LogP contribution in [-0.2, 0) is 6.37 Å². The summed E-state index contributed by atoms with van der Waals surface area (Å²) in [5.74, 6) is -1.56. The lowest BCUT2D eigenvalue weighted by atomic mass is 10.0. The molecule has 2 aromatic carbocycles. The van der Waals surface area contributed by atoms with Crippen LogP contribution in [0.5, 0.6) is 0 Å². The van der Waals surface area contributed by atoms with Crippen LogP contribution >= 0.6 is 27.5 Å². The molecule has 0 aromatic heterocycles. The van der Waals surface area contributed by atoms with Gasteiger partial charge in [0, 0.05) is 17.8 Å². The molecule has 0 nitrogen and oxygen atoms in total. The quantitative estimate of drug-likeness (QED) is 0.701. The Labute approximate surface area is 121 Å². The Hall–Kier alpha value is -0.930. The Morgan fingerprint density at radius 2 is 1.83 bits per heavy atom. The largest absolute Gasteiger partial charge is 0.207 e. The van der Waals surface area contributed by atoms with Gasteiger partial charge < -0.3 is 0 Å². The molecule has 0 N–H and O–H groups in total. The second-order valence-electron chi connectivity index (χ2n) is 3.81. The highest BCUT2D eigenvalue weighted by molar-refractivity contribution is 9.10. The molecule has 0 atom stereocenters. The van der Waals surface area contributed by atoms with Gasteiger partial charge in [0.25, 0.3) is 0 Å². The van der Waals surface area contributed by atoms with E-state index < -0.39 is 18.0 Å². The molecule has 0 saturated heterocycles. The number of hydrogen-bond acceptors (Lipinski definition) is 0. The minimum Gasteiger partial charge on any atom is -0.207 e. The van der Waals surface area contributed by atoms with Crippen molar-refractivity contribution in [3.63, 3.8) is 0 Å². The van der Waals surface area contributed by atoms with Crippen LogP contribution in [0, 0.1) is 18.6 Å². The first kappa shape index (κ1) is 10.9. The zero-order valence-electron chi connectivity index (χ0n) is 11.4. The lowest BCUT2D eigenvalue weighted by molar-refractivity contribution is 0.565. The van der Waals surface area contributed by atoms with E-state index in [4.69, 9.17) is 14.3 Å². The molecule has 0 fully saturated rings. The molecule has 2 aromatic rings. The highest BCUT2D eigenvalue weighted by atomic mass is 79.9. The fourth-order valence-corrected chi connectivity index (χ4v) is 1.99. The number of hydrogen-bond donors (Lipinski definition) is 0. The summed E-state index contributed by atoms with van der Waals surface area (Å²) in [5, 5.41) is 0.194. The van der Waals surface area contributed by atoms with Gasteiger partial charge in [-0.2, -0.15) is 0 Å². The molecule has 0 amide bonds. The molecular formula is C14H10BrClF2. The fraction of sp³-hybridized carbons (Fsp3) is 0.143. The predicted molar refractivity (Wildman–Crippen MR) is 73.1 cm³/mol. The topological polar surface area (TPSA) is 0 Å². The average Bonchev–Trinajstić information content (AvgIpc) is 2.38. The molecule has 94 valence electrons. The third-order valence-electron chi connectivity index (χ3n) is 2.49. The molecule has 0 bridgehead atoms. The molecule has 0 aliphatic rings. The van der Waals surface area contributed by atoms with Gasteiger partial charge in [-0.15, -0.1) is 0 Å². The van der Waals surface area contributed by atoms with E-state index >= 15 is 0 Å². The van der Waals surface area contributed by atoms with Crippen LogP contribution in [0.4, 0.5) is 8.78 Å². The van der Waals surface area contributed by atoms with Crippen LogP contribution in [0.1, 0.15) is 19.4 Å². The van der Waals surface area contributed by atoms with Crippen LogP contribution in [0.3, 0.4) is 0 Å². The molecule has 0 unspecified atom stereocenters. The van der Waals surface area contributed by atoms with Gasteiger partial charge in [-0.25, -0.2) is 8.78 Å². The summed E-state index contributed by atoms with van der Waals surface area (Å²) < 4.78 is 44.1. The first-order valence-corrected chi connectivity index (χ1v) is 6.32. The number of halogens is 4. The van der Waals surface area contributed by atoms with E-state index in [0.717, 1.165) is 12.1 Å². The van der Waals surface area contributed by atoms with E-state index in [1.54, 1.807) is 6.07 Å². The van der Waals surface area contributed by atoms with Crippen LogP contribution in [0.25, 0.3) is 0 Å². The summed E-state index contributed by atoms with van der Waals surface area (Å²) >= 11 is 9.22. The van der Waals surface area contributed by atoms with Gasteiger partial charge in [0.05, 0.1) is 0 Å².